The summed E-state index contributed by atoms with van der Waals surface area (Å²) in [6.07, 6.45) is 6.33. The van der Waals surface area contributed by atoms with Gasteiger partial charge in [0, 0.05) is 37.9 Å². The molecule has 0 radical (unpaired) electrons. The zero-order valence-corrected chi connectivity index (χ0v) is 14.8. The van der Waals surface area contributed by atoms with Gasteiger partial charge in [-0.15, -0.1) is 0 Å². The molecule has 0 aliphatic carbocycles. The summed E-state index contributed by atoms with van der Waals surface area (Å²) in [7, 11) is 0. The number of hydrogen-bond acceptors (Lipinski definition) is 5. The number of nitrogens with one attached hydrogen (secondary N) is 1. The van der Waals surface area contributed by atoms with Crippen molar-refractivity contribution in [3.8, 4) is 5.75 Å². The molecule has 2 aliphatic rings. The SMILES string of the molecule is O=C(NCC1COc2ccccc2C1)C1CCCN(c2ncccn2)C1. The predicted octanol–water partition coefficient (Wildman–Crippen LogP) is 2.06. The van der Waals surface area contributed by atoms with E-state index in [1.807, 2.05) is 24.3 Å². The second-order valence-electron chi connectivity index (χ2n) is 7.07. The highest BCUT2D eigenvalue weighted by Gasteiger charge is 2.28. The Hall–Kier alpha value is -2.63. The highest BCUT2D eigenvalue weighted by molar-refractivity contribution is 5.79. The molecule has 2 aromatic rings. The van der Waals surface area contributed by atoms with Gasteiger partial charge < -0.3 is 15.0 Å². The molecule has 6 heteroatoms. The molecular weight excluding hydrogens is 328 g/mol. The Bertz CT molecular complexity index is 752. The molecule has 2 atom stereocenters. The van der Waals surface area contributed by atoms with Crippen LogP contribution >= 0.6 is 0 Å². The van der Waals surface area contributed by atoms with E-state index in [-0.39, 0.29) is 11.8 Å². The van der Waals surface area contributed by atoms with Crippen LogP contribution in [-0.4, -0.2) is 42.1 Å². The van der Waals surface area contributed by atoms with Crippen LogP contribution in [-0.2, 0) is 11.2 Å². The maximum Gasteiger partial charge on any atom is 0.225 e. The average Bonchev–Trinajstić information content (AvgIpc) is 2.72. The third-order valence-corrected chi connectivity index (χ3v) is 5.15. The van der Waals surface area contributed by atoms with Gasteiger partial charge in [-0.3, -0.25) is 4.79 Å². The van der Waals surface area contributed by atoms with E-state index in [0.717, 1.165) is 31.6 Å². The molecular formula is C20H24N4O2. The molecule has 4 rings (SSSR count). The topological polar surface area (TPSA) is 67.3 Å². The number of fused-ring (bicyclic) bond motifs is 1. The van der Waals surface area contributed by atoms with Crippen LogP contribution in [0, 0.1) is 11.8 Å². The number of aromatic nitrogens is 2. The lowest BCUT2D eigenvalue weighted by atomic mass is 9.95. The molecule has 6 nitrogen and oxygen atoms in total. The molecule has 1 aromatic carbocycles. The molecule has 1 aromatic heterocycles. The number of hydrogen-bond donors (Lipinski definition) is 1. The largest absolute Gasteiger partial charge is 0.493 e. The molecule has 136 valence electrons. The number of anilines is 1. The van der Waals surface area contributed by atoms with E-state index in [1.165, 1.54) is 5.56 Å². The van der Waals surface area contributed by atoms with Gasteiger partial charge in [0.15, 0.2) is 0 Å². The number of nitrogens with zero attached hydrogens (tertiary/aromatic N) is 3. The van der Waals surface area contributed by atoms with Gasteiger partial charge in [0.1, 0.15) is 5.75 Å². The van der Waals surface area contributed by atoms with Crippen LogP contribution in [0.25, 0.3) is 0 Å². The van der Waals surface area contributed by atoms with E-state index in [1.54, 1.807) is 12.4 Å². The normalized spacial score (nSPS) is 22.2. The fourth-order valence-electron chi connectivity index (χ4n) is 3.74. The number of benzene rings is 1. The van der Waals surface area contributed by atoms with Crippen LogP contribution in [0.3, 0.4) is 0 Å². The Morgan fingerprint density at radius 2 is 2.08 bits per heavy atom. The van der Waals surface area contributed by atoms with Crippen molar-refractivity contribution >= 4 is 11.9 Å². The number of piperidine rings is 1. The van der Waals surface area contributed by atoms with Gasteiger partial charge in [0.05, 0.1) is 12.5 Å². The molecule has 1 fully saturated rings. The first kappa shape index (κ1) is 16.8. The van der Waals surface area contributed by atoms with E-state index in [9.17, 15) is 4.79 Å². The Labute approximate surface area is 153 Å². The van der Waals surface area contributed by atoms with E-state index in [0.29, 0.717) is 31.6 Å². The van der Waals surface area contributed by atoms with Gasteiger partial charge >= 0.3 is 0 Å². The minimum Gasteiger partial charge on any atom is -0.493 e. The first-order valence-electron chi connectivity index (χ1n) is 9.30. The number of amides is 1. The molecule has 2 unspecified atom stereocenters. The number of para-hydroxylation sites is 1. The van der Waals surface area contributed by atoms with Gasteiger partial charge in [-0.2, -0.15) is 0 Å². The molecule has 2 aliphatic heterocycles. The molecule has 3 heterocycles. The molecule has 1 amide bonds. The first-order chi connectivity index (χ1) is 12.8. The van der Waals surface area contributed by atoms with Crippen molar-refractivity contribution in [1.29, 1.82) is 0 Å². The summed E-state index contributed by atoms with van der Waals surface area (Å²) in [5.41, 5.74) is 1.23. The number of rotatable bonds is 4. The monoisotopic (exact) mass is 352 g/mol. The van der Waals surface area contributed by atoms with E-state index < -0.39 is 0 Å². The van der Waals surface area contributed by atoms with Crippen molar-refractivity contribution in [2.24, 2.45) is 11.8 Å². The van der Waals surface area contributed by atoms with Crippen LogP contribution in [0.5, 0.6) is 5.75 Å². The molecule has 0 bridgehead atoms. The highest BCUT2D eigenvalue weighted by Crippen LogP contribution is 2.26. The minimum absolute atomic E-state index is 0.00986. The standard InChI is InChI=1S/C20H24N4O2/c25-19(17-6-3-10-24(13-17)20-21-8-4-9-22-20)23-12-15-11-16-5-1-2-7-18(16)26-14-15/h1-2,4-5,7-9,15,17H,3,6,10-14H2,(H,23,25). The van der Waals surface area contributed by atoms with Crippen molar-refractivity contribution in [1.82, 2.24) is 15.3 Å². The van der Waals surface area contributed by atoms with Crippen LogP contribution < -0.4 is 15.0 Å². The Morgan fingerprint density at radius 3 is 2.96 bits per heavy atom. The Kier molecular flexibility index (Phi) is 5.00. The summed E-state index contributed by atoms with van der Waals surface area (Å²) >= 11 is 0. The first-order valence-corrected chi connectivity index (χ1v) is 9.30. The smallest absolute Gasteiger partial charge is 0.225 e. The van der Waals surface area contributed by atoms with Crippen LogP contribution in [0.2, 0.25) is 0 Å². The Balaban J connectivity index is 1.30. The zero-order chi connectivity index (χ0) is 17.8. The molecule has 0 spiro atoms. The van der Waals surface area contributed by atoms with Crippen molar-refractivity contribution in [2.45, 2.75) is 19.3 Å². The van der Waals surface area contributed by atoms with Gasteiger partial charge in [-0.25, -0.2) is 9.97 Å². The van der Waals surface area contributed by atoms with Crippen LogP contribution in [0.4, 0.5) is 5.95 Å². The third-order valence-electron chi connectivity index (χ3n) is 5.15. The number of carbonyl (C=O) groups excluding carboxylic acids is 1. The van der Waals surface area contributed by atoms with Gasteiger partial charge in [0.2, 0.25) is 11.9 Å². The zero-order valence-electron chi connectivity index (χ0n) is 14.8. The third kappa shape index (κ3) is 3.79. The Morgan fingerprint density at radius 1 is 1.23 bits per heavy atom. The van der Waals surface area contributed by atoms with Gasteiger partial charge in [-0.05, 0) is 37.0 Å². The lowest BCUT2D eigenvalue weighted by Gasteiger charge is -2.32. The summed E-state index contributed by atoms with van der Waals surface area (Å²) in [5, 5.41) is 3.14. The van der Waals surface area contributed by atoms with Crippen molar-refractivity contribution in [2.75, 3.05) is 31.1 Å². The summed E-state index contributed by atoms with van der Waals surface area (Å²) in [6.45, 7) is 2.90. The molecule has 26 heavy (non-hydrogen) atoms. The molecule has 1 N–H and O–H groups in total. The van der Waals surface area contributed by atoms with Crippen LogP contribution in [0.15, 0.2) is 42.7 Å². The van der Waals surface area contributed by atoms with Gasteiger partial charge in [-0.1, -0.05) is 18.2 Å². The number of carbonyl (C=O) groups is 1. The second-order valence-corrected chi connectivity index (χ2v) is 7.07. The van der Waals surface area contributed by atoms with Gasteiger partial charge in [0.25, 0.3) is 0 Å². The summed E-state index contributed by atoms with van der Waals surface area (Å²) in [6, 6.07) is 9.94. The summed E-state index contributed by atoms with van der Waals surface area (Å²) in [5.74, 6) is 2.13. The van der Waals surface area contributed by atoms with Crippen molar-refractivity contribution in [3.05, 3.63) is 48.3 Å². The average molecular weight is 352 g/mol. The van der Waals surface area contributed by atoms with Crippen molar-refractivity contribution < 1.29 is 9.53 Å². The molecule has 0 saturated carbocycles. The number of ether oxygens (including phenoxy) is 1. The van der Waals surface area contributed by atoms with E-state index >= 15 is 0 Å². The highest BCUT2D eigenvalue weighted by atomic mass is 16.5. The maximum atomic E-state index is 12.6. The quantitative estimate of drug-likeness (QED) is 0.912. The minimum atomic E-state index is -0.00986. The fraction of sp³-hybridized carbons (Fsp3) is 0.450. The van der Waals surface area contributed by atoms with E-state index in [2.05, 4.69) is 26.3 Å². The van der Waals surface area contributed by atoms with Crippen molar-refractivity contribution in [3.63, 3.8) is 0 Å². The predicted molar refractivity (Wildman–Crippen MR) is 99.1 cm³/mol. The lowest BCUT2D eigenvalue weighted by Crippen LogP contribution is -2.45. The van der Waals surface area contributed by atoms with Crippen LogP contribution in [0.1, 0.15) is 18.4 Å². The summed E-state index contributed by atoms with van der Waals surface area (Å²) in [4.78, 5) is 23.4. The van der Waals surface area contributed by atoms with E-state index in [4.69, 9.17) is 4.74 Å². The lowest BCUT2D eigenvalue weighted by molar-refractivity contribution is -0.125. The fourth-order valence-corrected chi connectivity index (χ4v) is 3.74. The summed E-state index contributed by atoms with van der Waals surface area (Å²) < 4.78 is 5.81. The molecule has 1 saturated heterocycles. The second kappa shape index (κ2) is 7.72. The maximum absolute atomic E-state index is 12.6.